The standard InChI is InChI=1S/C13H20N2O2S/c1-10-5-6-13(11(2)8-10)18(16,17)15-12-4-3-7-14-9-12/h5-6,8,12,14-15H,3-4,7,9H2,1-2H3. The molecule has 0 spiro atoms. The molecule has 4 nitrogen and oxygen atoms in total. The van der Waals surface area contributed by atoms with Crippen molar-refractivity contribution in [3.8, 4) is 0 Å². The van der Waals surface area contributed by atoms with E-state index in [4.69, 9.17) is 0 Å². The number of nitrogens with one attached hydrogen (secondary N) is 2. The molecule has 1 aromatic rings. The van der Waals surface area contributed by atoms with Crippen LogP contribution in [0.1, 0.15) is 24.0 Å². The number of rotatable bonds is 3. The minimum absolute atomic E-state index is 0.00412. The average Bonchev–Trinajstić information content (AvgIpc) is 2.29. The molecule has 1 saturated heterocycles. The molecule has 1 unspecified atom stereocenters. The topological polar surface area (TPSA) is 58.2 Å². The van der Waals surface area contributed by atoms with Gasteiger partial charge in [-0.3, -0.25) is 0 Å². The zero-order valence-corrected chi connectivity index (χ0v) is 11.7. The van der Waals surface area contributed by atoms with Gasteiger partial charge in [-0.15, -0.1) is 0 Å². The third-order valence-corrected chi connectivity index (χ3v) is 4.92. The van der Waals surface area contributed by atoms with Crippen molar-refractivity contribution < 1.29 is 8.42 Å². The summed E-state index contributed by atoms with van der Waals surface area (Å²) in [7, 11) is -3.40. The van der Waals surface area contributed by atoms with Gasteiger partial charge in [0.15, 0.2) is 0 Å². The second kappa shape index (κ2) is 5.38. The van der Waals surface area contributed by atoms with Crippen molar-refractivity contribution in [1.82, 2.24) is 10.0 Å². The Balaban J connectivity index is 2.19. The van der Waals surface area contributed by atoms with Crippen LogP contribution in [0.25, 0.3) is 0 Å². The van der Waals surface area contributed by atoms with Gasteiger partial charge < -0.3 is 5.32 Å². The molecule has 2 rings (SSSR count). The fraction of sp³-hybridized carbons (Fsp3) is 0.538. The van der Waals surface area contributed by atoms with Crippen molar-refractivity contribution in [2.75, 3.05) is 13.1 Å². The number of hydrogen-bond acceptors (Lipinski definition) is 3. The number of benzene rings is 1. The van der Waals surface area contributed by atoms with E-state index >= 15 is 0 Å². The van der Waals surface area contributed by atoms with Crippen LogP contribution >= 0.6 is 0 Å². The highest BCUT2D eigenvalue weighted by Gasteiger charge is 2.22. The summed E-state index contributed by atoms with van der Waals surface area (Å²) < 4.78 is 27.4. The zero-order chi connectivity index (χ0) is 13.2. The molecular weight excluding hydrogens is 248 g/mol. The van der Waals surface area contributed by atoms with Crippen molar-refractivity contribution in [2.24, 2.45) is 0 Å². The molecule has 100 valence electrons. The molecule has 1 heterocycles. The maximum Gasteiger partial charge on any atom is 0.241 e. The predicted octanol–water partition coefficient (Wildman–Crippen LogP) is 1.33. The Bertz CT molecular complexity index is 520. The maximum absolute atomic E-state index is 12.3. The first-order valence-electron chi connectivity index (χ1n) is 6.29. The lowest BCUT2D eigenvalue weighted by Crippen LogP contribution is -2.45. The highest BCUT2D eigenvalue weighted by molar-refractivity contribution is 7.89. The van der Waals surface area contributed by atoms with Crippen molar-refractivity contribution in [3.05, 3.63) is 29.3 Å². The highest BCUT2D eigenvalue weighted by atomic mass is 32.2. The van der Waals surface area contributed by atoms with E-state index in [0.29, 0.717) is 11.4 Å². The number of hydrogen-bond donors (Lipinski definition) is 2. The first kappa shape index (κ1) is 13.5. The Morgan fingerprint density at radius 3 is 2.72 bits per heavy atom. The molecule has 1 atom stereocenters. The monoisotopic (exact) mass is 268 g/mol. The lowest BCUT2D eigenvalue weighted by atomic mass is 10.1. The summed E-state index contributed by atoms with van der Waals surface area (Å²) >= 11 is 0. The largest absolute Gasteiger partial charge is 0.315 e. The Kier molecular flexibility index (Phi) is 4.04. The second-order valence-corrected chi connectivity index (χ2v) is 6.62. The van der Waals surface area contributed by atoms with Crippen molar-refractivity contribution in [3.63, 3.8) is 0 Å². The fourth-order valence-corrected chi connectivity index (χ4v) is 3.83. The first-order valence-corrected chi connectivity index (χ1v) is 7.78. The fourth-order valence-electron chi connectivity index (χ4n) is 2.34. The number of sulfonamides is 1. The predicted molar refractivity (Wildman–Crippen MR) is 72.1 cm³/mol. The van der Waals surface area contributed by atoms with Crippen LogP contribution in [-0.4, -0.2) is 27.5 Å². The Hall–Kier alpha value is -0.910. The van der Waals surface area contributed by atoms with Gasteiger partial charge in [-0.05, 0) is 44.9 Å². The van der Waals surface area contributed by atoms with Gasteiger partial charge in [-0.25, -0.2) is 13.1 Å². The van der Waals surface area contributed by atoms with Gasteiger partial charge in [0.25, 0.3) is 0 Å². The van der Waals surface area contributed by atoms with Gasteiger partial charge in [-0.1, -0.05) is 17.7 Å². The van der Waals surface area contributed by atoms with E-state index in [9.17, 15) is 8.42 Å². The summed E-state index contributed by atoms with van der Waals surface area (Å²) in [4.78, 5) is 0.388. The van der Waals surface area contributed by atoms with Crippen LogP contribution in [0.2, 0.25) is 0 Å². The maximum atomic E-state index is 12.3. The van der Waals surface area contributed by atoms with Crippen LogP contribution in [0.5, 0.6) is 0 Å². The number of piperidine rings is 1. The first-order chi connectivity index (χ1) is 8.49. The van der Waals surface area contributed by atoms with Crippen LogP contribution < -0.4 is 10.0 Å². The molecule has 1 aromatic carbocycles. The van der Waals surface area contributed by atoms with E-state index in [0.717, 1.165) is 30.5 Å². The molecule has 1 aliphatic rings. The third kappa shape index (κ3) is 3.10. The molecule has 0 radical (unpaired) electrons. The summed E-state index contributed by atoms with van der Waals surface area (Å²) in [5.74, 6) is 0. The molecule has 0 aromatic heterocycles. The van der Waals surface area contributed by atoms with Crippen LogP contribution in [-0.2, 0) is 10.0 Å². The van der Waals surface area contributed by atoms with E-state index in [1.165, 1.54) is 0 Å². The molecule has 1 aliphatic heterocycles. The van der Waals surface area contributed by atoms with Gasteiger partial charge >= 0.3 is 0 Å². The molecule has 5 heteroatoms. The van der Waals surface area contributed by atoms with E-state index < -0.39 is 10.0 Å². The molecule has 0 saturated carbocycles. The summed E-state index contributed by atoms with van der Waals surface area (Å²) in [5.41, 5.74) is 1.87. The molecule has 1 fully saturated rings. The van der Waals surface area contributed by atoms with Gasteiger partial charge in [0.1, 0.15) is 0 Å². The molecule has 0 bridgehead atoms. The van der Waals surface area contributed by atoms with Crippen molar-refractivity contribution in [2.45, 2.75) is 37.6 Å². The molecule has 2 N–H and O–H groups in total. The highest BCUT2D eigenvalue weighted by Crippen LogP contribution is 2.17. The third-order valence-electron chi connectivity index (χ3n) is 3.24. The van der Waals surface area contributed by atoms with Crippen molar-refractivity contribution in [1.29, 1.82) is 0 Å². The number of aryl methyl sites for hydroxylation is 2. The minimum Gasteiger partial charge on any atom is -0.315 e. The summed E-state index contributed by atoms with van der Waals surface area (Å²) in [6, 6.07) is 5.42. The SMILES string of the molecule is Cc1ccc(S(=O)(=O)NC2CCCNC2)c(C)c1. The minimum atomic E-state index is -3.40. The Morgan fingerprint density at radius 1 is 1.33 bits per heavy atom. The van der Waals surface area contributed by atoms with Gasteiger partial charge in [0.2, 0.25) is 10.0 Å². The quantitative estimate of drug-likeness (QED) is 0.869. The molecule has 0 amide bonds. The van der Waals surface area contributed by atoms with Crippen LogP contribution in [0, 0.1) is 13.8 Å². The molecular formula is C13H20N2O2S. The summed E-state index contributed by atoms with van der Waals surface area (Å²) in [5, 5.41) is 3.21. The van der Waals surface area contributed by atoms with Crippen molar-refractivity contribution >= 4 is 10.0 Å². The Morgan fingerprint density at radius 2 is 2.11 bits per heavy atom. The van der Waals surface area contributed by atoms with Crippen LogP contribution in [0.3, 0.4) is 0 Å². The van der Waals surface area contributed by atoms with Gasteiger partial charge in [0.05, 0.1) is 4.90 Å². The van der Waals surface area contributed by atoms with E-state index in [1.54, 1.807) is 6.07 Å². The Labute approximate surface area is 109 Å². The lowest BCUT2D eigenvalue weighted by Gasteiger charge is -2.24. The summed E-state index contributed by atoms with van der Waals surface area (Å²) in [6.45, 7) is 5.48. The van der Waals surface area contributed by atoms with E-state index in [1.807, 2.05) is 26.0 Å². The normalized spacial score (nSPS) is 20.9. The smallest absolute Gasteiger partial charge is 0.241 e. The zero-order valence-electron chi connectivity index (χ0n) is 10.9. The molecule has 18 heavy (non-hydrogen) atoms. The summed E-state index contributed by atoms with van der Waals surface area (Å²) in [6.07, 6.45) is 1.91. The van der Waals surface area contributed by atoms with Crippen LogP contribution in [0.4, 0.5) is 0 Å². The molecule has 0 aliphatic carbocycles. The average molecular weight is 268 g/mol. The van der Waals surface area contributed by atoms with Gasteiger partial charge in [0, 0.05) is 12.6 Å². The van der Waals surface area contributed by atoms with Crippen LogP contribution in [0.15, 0.2) is 23.1 Å². The van der Waals surface area contributed by atoms with E-state index in [-0.39, 0.29) is 6.04 Å². The second-order valence-electron chi connectivity index (χ2n) is 4.93. The lowest BCUT2D eigenvalue weighted by molar-refractivity contribution is 0.428. The van der Waals surface area contributed by atoms with E-state index in [2.05, 4.69) is 10.0 Å². The van der Waals surface area contributed by atoms with Gasteiger partial charge in [-0.2, -0.15) is 0 Å².